The second-order valence-electron chi connectivity index (χ2n) is 7.53. The molecule has 0 aromatic heterocycles. The number of aliphatic carboxylic acids is 1. The lowest BCUT2D eigenvalue weighted by Gasteiger charge is -2.31. The zero-order chi connectivity index (χ0) is 19.1. The minimum absolute atomic E-state index is 0.189. The number of nitrogens with one attached hydrogen (secondary N) is 1. The molecular formula is C20H31N3O3. The van der Waals surface area contributed by atoms with Gasteiger partial charge in [0.2, 0.25) is 0 Å². The molecule has 2 amide bonds. The van der Waals surface area contributed by atoms with Crippen LogP contribution in [0.3, 0.4) is 0 Å². The monoisotopic (exact) mass is 361 g/mol. The van der Waals surface area contributed by atoms with Gasteiger partial charge in [-0.05, 0) is 36.4 Å². The van der Waals surface area contributed by atoms with Crippen molar-refractivity contribution in [2.24, 2.45) is 11.8 Å². The van der Waals surface area contributed by atoms with Crippen molar-refractivity contribution in [3.63, 3.8) is 0 Å². The van der Waals surface area contributed by atoms with Crippen molar-refractivity contribution in [1.29, 1.82) is 0 Å². The van der Waals surface area contributed by atoms with E-state index in [1.165, 1.54) is 23.3 Å². The van der Waals surface area contributed by atoms with Crippen molar-refractivity contribution in [2.75, 3.05) is 26.7 Å². The maximum atomic E-state index is 12.2. The Bertz CT molecular complexity index is 620. The Morgan fingerprint density at radius 2 is 2.04 bits per heavy atom. The fourth-order valence-corrected chi connectivity index (χ4v) is 3.43. The summed E-state index contributed by atoms with van der Waals surface area (Å²) in [6, 6.07) is 7.94. The Morgan fingerprint density at radius 1 is 1.35 bits per heavy atom. The summed E-state index contributed by atoms with van der Waals surface area (Å²) in [5.74, 6) is -0.745. The molecule has 1 aromatic rings. The third kappa shape index (κ3) is 6.02. The van der Waals surface area contributed by atoms with Gasteiger partial charge in [0.1, 0.15) is 0 Å². The Labute approximate surface area is 156 Å². The van der Waals surface area contributed by atoms with Gasteiger partial charge in [0.15, 0.2) is 0 Å². The summed E-state index contributed by atoms with van der Waals surface area (Å²) in [6.45, 7) is 7.69. The summed E-state index contributed by atoms with van der Waals surface area (Å²) < 4.78 is 0. The molecule has 1 aliphatic rings. The Balaban J connectivity index is 1.91. The third-order valence-corrected chi connectivity index (χ3v) is 5.00. The van der Waals surface area contributed by atoms with Crippen LogP contribution < -0.4 is 5.32 Å². The van der Waals surface area contributed by atoms with Crippen LogP contribution in [0.25, 0.3) is 0 Å². The van der Waals surface area contributed by atoms with Crippen molar-refractivity contribution in [1.82, 2.24) is 15.1 Å². The van der Waals surface area contributed by atoms with Crippen LogP contribution >= 0.6 is 0 Å². The van der Waals surface area contributed by atoms with Crippen LogP contribution in [0.15, 0.2) is 24.3 Å². The number of piperidine rings is 1. The first-order chi connectivity index (χ1) is 12.4. The average molecular weight is 361 g/mol. The highest BCUT2D eigenvalue weighted by Gasteiger charge is 2.19. The average Bonchev–Trinajstić information content (AvgIpc) is 2.60. The highest BCUT2D eigenvalue weighted by atomic mass is 16.4. The number of amides is 2. The minimum Gasteiger partial charge on any atom is -0.481 e. The van der Waals surface area contributed by atoms with Crippen molar-refractivity contribution in [3.8, 4) is 0 Å². The quantitative estimate of drug-likeness (QED) is 0.783. The lowest BCUT2D eigenvalue weighted by molar-refractivity contribution is -0.141. The van der Waals surface area contributed by atoms with E-state index in [0.29, 0.717) is 6.54 Å². The van der Waals surface area contributed by atoms with E-state index in [0.717, 1.165) is 31.1 Å². The van der Waals surface area contributed by atoms with Crippen LogP contribution in [0.1, 0.15) is 37.8 Å². The van der Waals surface area contributed by atoms with Gasteiger partial charge in [-0.3, -0.25) is 9.69 Å². The molecule has 1 aromatic carbocycles. The van der Waals surface area contributed by atoms with E-state index < -0.39 is 11.9 Å². The van der Waals surface area contributed by atoms with Gasteiger partial charge < -0.3 is 15.3 Å². The summed E-state index contributed by atoms with van der Waals surface area (Å²) >= 11 is 0. The minimum atomic E-state index is -0.897. The molecule has 0 spiro atoms. The van der Waals surface area contributed by atoms with Gasteiger partial charge in [-0.25, -0.2) is 4.79 Å². The molecule has 0 saturated carbocycles. The molecule has 1 fully saturated rings. The third-order valence-electron chi connectivity index (χ3n) is 5.00. The summed E-state index contributed by atoms with van der Waals surface area (Å²) in [5.41, 5.74) is 2.35. The molecule has 6 heteroatoms. The zero-order valence-corrected chi connectivity index (χ0v) is 16.1. The molecule has 26 heavy (non-hydrogen) atoms. The number of carboxylic acid groups (broad SMARTS) is 1. The van der Waals surface area contributed by atoms with Crippen molar-refractivity contribution >= 4 is 12.0 Å². The topological polar surface area (TPSA) is 72.9 Å². The molecule has 2 N–H and O–H groups in total. The first kappa shape index (κ1) is 20.2. The predicted octanol–water partition coefficient (Wildman–Crippen LogP) is 2.78. The molecule has 0 bridgehead atoms. The van der Waals surface area contributed by atoms with Crippen LogP contribution in [-0.4, -0.2) is 53.6 Å². The predicted molar refractivity (Wildman–Crippen MR) is 102 cm³/mol. The molecule has 144 valence electrons. The SMILES string of the molecule is CC1CCCN(Cc2ccccc2CNC(=O)N(C)CC(C)C(=O)O)C1. The maximum Gasteiger partial charge on any atom is 0.317 e. The molecule has 6 nitrogen and oxygen atoms in total. The largest absolute Gasteiger partial charge is 0.481 e. The second-order valence-corrected chi connectivity index (χ2v) is 7.53. The van der Waals surface area contributed by atoms with Gasteiger partial charge in [0.25, 0.3) is 0 Å². The van der Waals surface area contributed by atoms with E-state index in [1.807, 2.05) is 18.2 Å². The summed E-state index contributed by atoms with van der Waals surface area (Å²) in [7, 11) is 1.62. The summed E-state index contributed by atoms with van der Waals surface area (Å²) in [4.78, 5) is 27.1. The van der Waals surface area contributed by atoms with Gasteiger partial charge >= 0.3 is 12.0 Å². The van der Waals surface area contributed by atoms with Crippen LogP contribution in [0.2, 0.25) is 0 Å². The van der Waals surface area contributed by atoms with Crippen LogP contribution in [0, 0.1) is 11.8 Å². The van der Waals surface area contributed by atoms with E-state index >= 15 is 0 Å². The smallest absolute Gasteiger partial charge is 0.317 e. The molecule has 0 radical (unpaired) electrons. The van der Waals surface area contributed by atoms with Crippen LogP contribution in [0.4, 0.5) is 4.79 Å². The lowest BCUT2D eigenvalue weighted by atomic mass is 9.99. The number of urea groups is 1. The number of hydrogen-bond acceptors (Lipinski definition) is 3. The Kier molecular flexibility index (Phi) is 7.45. The molecule has 0 aliphatic carbocycles. The van der Waals surface area contributed by atoms with Crippen molar-refractivity contribution in [3.05, 3.63) is 35.4 Å². The number of nitrogens with zero attached hydrogens (tertiary/aromatic N) is 2. The van der Waals surface area contributed by atoms with Gasteiger partial charge in [-0.15, -0.1) is 0 Å². The highest BCUT2D eigenvalue weighted by Crippen LogP contribution is 2.19. The van der Waals surface area contributed by atoms with Gasteiger partial charge in [-0.1, -0.05) is 38.1 Å². The Hall–Kier alpha value is -2.08. The first-order valence-corrected chi connectivity index (χ1v) is 9.37. The first-order valence-electron chi connectivity index (χ1n) is 9.37. The molecule has 1 saturated heterocycles. The second kappa shape index (κ2) is 9.57. The number of hydrogen-bond donors (Lipinski definition) is 2. The van der Waals surface area contributed by atoms with Crippen molar-refractivity contribution < 1.29 is 14.7 Å². The van der Waals surface area contributed by atoms with Gasteiger partial charge in [-0.2, -0.15) is 0 Å². The molecule has 2 rings (SSSR count). The summed E-state index contributed by atoms with van der Waals surface area (Å²) in [5, 5.41) is 11.9. The molecule has 1 heterocycles. The highest BCUT2D eigenvalue weighted by molar-refractivity contribution is 5.75. The fourth-order valence-electron chi connectivity index (χ4n) is 3.43. The lowest BCUT2D eigenvalue weighted by Crippen LogP contribution is -2.40. The number of carboxylic acids is 1. The van der Waals surface area contributed by atoms with E-state index in [1.54, 1.807) is 14.0 Å². The summed E-state index contributed by atoms with van der Waals surface area (Å²) in [6.07, 6.45) is 2.54. The van der Waals surface area contributed by atoms with E-state index in [2.05, 4.69) is 23.2 Å². The van der Waals surface area contributed by atoms with E-state index in [9.17, 15) is 9.59 Å². The zero-order valence-electron chi connectivity index (χ0n) is 16.1. The van der Waals surface area contributed by atoms with Crippen LogP contribution in [0.5, 0.6) is 0 Å². The molecular weight excluding hydrogens is 330 g/mol. The van der Waals surface area contributed by atoms with Gasteiger partial charge in [0.05, 0.1) is 5.92 Å². The standard InChI is InChI=1S/C20H31N3O3/c1-15-7-6-10-23(12-15)14-18-9-5-4-8-17(18)11-21-20(26)22(3)13-16(2)19(24)25/h4-5,8-9,15-16H,6-7,10-14H2,1-3H3,(H,21,26)(H,24,25). The van der Waals surface area contributed by atoms with Crippen molar-refractivity contribution in [2.45, 2.75) is 39.8 Å². The number of carbonyl (C=O) groups is 2. The van der Waals surface area contributed by atoms with Gasteiger partial charge in [0, 0.05) is 33.2 Å². The normalized spacial score (nSPS) is 19.0. The molecule has 1 aliphatic heterocycles. The van der Waals surface area contributed by atoms with Crippen LogP contribution in [-0.2, 0) is 17.9 Å². The van der Waals surface area contributed by atoms with E-state index in [4.69, 9.17) is 5.11 Å². The molecule has 2 unspecified atom stereocenters. The number of rotatable bonds is 7. The fraction of sp³-hybridized carbons (Fsp3) is 0.600. The Morgan fingerprint density at radius 3 is 2.69 bits per heavy atom. The number of benzene rings is 1. The molecule has 2 atom stereocenters. The van der Waals surface area contributed by atoms with E-state index in [-0.39, 0.29) is 12.6 Å². The number of likely N-dealkylation sites (tertiary alicyclic amines) is 1. The number of carbonyl (C=O) groups excluding carboxylic acids is 1. The maximum absolute atomic E-state index is 12.2.